The molecule has 1 aromatic heterocycles. The van der Waals surface area contributed by atoms with Gasteiger partial charge in [0.25, 0.3) is 0 Å². The van der Waals surface area contributed by atoms with E-state index in [0.717, 1.165) is 22.0 Å². The number of hydrogen-bond acceptors (Lipinski definition) is 2. The maximum Gasteiger partial charge on any atom is 0.340 e. The molecule has 0 saturated carbocycles. The van der Waals surface area contributed by atoms with Gasteiger partial charge < -0.3 is 4.74 Å². The number of benzene rings is 2. The van der Waals surface area contributed by atoms with Crippen LogP contribution in [0.1, 0.15) is 11.3 Å². The van der Waals surface area contributed by atoms with Crippen LogP contribution in [0.3, 0.4) is 0 Å². The zero-order valence-electron chi connectivity index (χ0n) is 13.1. The highest BCUT2D eigenvalue weighted by atomic mass is 19.3. The fourth-order valence-corrected chi connectivity index (χ4v) is 2.46. The third kappa shape index (κ3) is 4.07. The average Bonchev–Trinajstić information content (AvgIpc) is 2.61. The molecule has 1 heterocycles. The number of alkyl halides is 4. The molecule has 0 unspecified atom stereocenters. The number of nitrogens with zero attached hydrogens (tertiary/aromatic N) is 1. The van der Waals surface area contributed by atoms with Crippen molar-refractivity contribution in [2.24, 2.45) is 0 Å². The summed E-state index contributed by atoms with van der Waals surface area (Å²) in [5.74, 6) is -4.04. The smallest absolute Gasteiger partial charge is 0.340 e. The van der Waals surface area contributed by atoms with Gasteiger partial charge in [-0.3, -0.25) is 4.98 Å². The Labute approximate surface area is 142 Å². The minimum atomic E-state index is -4.16. The molecular formula is C19H15F4NO. The van der Waals surface area contributed by atoms with Crippen LogP contribution in [0.15, 0.2) is 60.8 Å². The molecule has 2 nitrogen and oxygen atoms in total. The molecule has 0 amide bonds. The second kappa shape index (κ2) is 7.09. The molecule has 6 heteroatoms. The Bertz CT molecular complexity index is 844. The van der Waals surface area contributed by atoms with E-state index in [1.807, 2.05) is 30.3 Å². The molecule has 0 saturated heterocycles. The minimum Gasteiger partial charge on any atom is -0.487 e. The van der Waals surface area contributed by atoms with Gasteiger partial charge in [0.05, 0.1) is 5.69 Å². The highest BCUT2D eigenvalue weighted by molar-refractivity contribution is 5.84. The first-order valence-corrected chi connectivity index (χ1v) is 7.66. The van der Waals surface area contributed by atoms with Crippen LogP contribution in [0.25, 0.3) is 10.8 Å². The van der Waals surface area contributed by atoms with Crippen LogP contribution in [-0.2, 0) is 6.42 Å². The van der Waals surface area contributed by atoms with E-state index >= 15 is 0 Å². The predicted molar refractivity (Wildman–Crippen MR) is 87.4 cm³/mol. The fraction of sp³-hybridized carbons (Fsp3) is 0.211. The van der Waals surface area contributed by atoms with E-state index in [4.69, 9.17) is 4.74 Å². The number of halogens is 4. The molecule has 0 aliphatic heterocycles. The fourth-order valence-electron chi connectivity index (χ4n) is 2.46. The van der Waals surface area contributed by atoms with Gasteiger partial charge in [-0.2, -0.15) is 8.78 Å². The van der Waals surface area contributed by atoms with Crippen molar-refractivity contribution in [1.29, 1.82) is 0 Å². The zero-order valence-corrected chi connectivity index (χ0v) is 13.1. The van der Waals surface area contributed by atoms with Crippen molar-refractivity contribution >= 4 is 10.8 Å². The van der Waals surface area contributed by atoms with Gasteiger partial charge in [-0.25, -0.2) is 8.78 Å². The monoisotopic (exact) mass is 349 g/mol. The number of ether oxygens (including phenoxy) is 1. The lowest BCUT2D eigenvalue weighted by Crippen LogP contribution is -2.33. The molecular weight excluding hydrogens is 334 g/mol. The summed E-state index contributed by atoms with van der Waals surface area (Å²) in [5, 5.41) is 2.13. The van der Waals surface area contributed by atoms with E-state index in [9.17, 15) is 17.6 Å². The lowest BCUT2D eigenvalue weighted by molar-refractivity contribution is -0.148. The first-order valence-electron chi connectivity index (χ1n) is 7.66. The van der Waals surface area contributed by atoms with Gasteiger partial charge in [-0.15, -0.1) is 0 Å². The lowest BCUT2D eigenvalue weighted by atomic mass is 10.0. The molecule has 3 rings (SSSR count). The Hall–Kier alpha value is -2.63. The van der Waals surface area contributed by atoms with Gasteiger partial charge in [0.15, 0.2) is 6.61 Å². The quantitative estimate of drug-likeness (QED) is 0.577. The molecule has 25 heavy (non-hydrogen) atoms. The van der Waals surface area contributed by atoms with Gasteiger partial charge in [-0.1, -0.05) is 36.4 Å². The van der Waals surface area contributed by atoms with Gasteiger partial charge in [0.2, 0.25) is 0 Å². The third-order valence-corrected chi connectivity index (χ3v) is 3.80. The van der Waals surface area contributed by atoms with E-state index in [2.05, 4.69) is 4.98 Å². The Balaban J connectivity index is 1.70. The topological polar surface area (TPSA) is 22.1 Å². The SMILES string of the molecule is FC(F)C(F)(F)COc1ccc(Cc2nccc3ccccc23)cc1. The molecule has 0 bridgehead atoms. The molecule has 2 aromatic carbocycles. The largest absolute Gasteiger partial charge is 0.487 e. The van der Waals surface area contributed by atoms with E-state index in [-0.39, 0.29) is 5.75 Å². The highest BCUT2D eigenvalue weighted by Crippen LogP contribution is 2.25. The summed E-state index contributed by atoms with van der Waals surface area (Å²) >= 11 is 0. The first-order chi connectivity index (χ1) is 12.0. The summed E-state index contributed by atoms with van der Waals surface area (Å²) < 4.78 is 54.7. The van der Waals surface area contributed by atoms with Crippen LogP contribution in [0, 0.1) is 0 Å². The summed E-state index contributed by atoms with van der Waals surface area (Å²) in [5.41, 5.74) is 1.81. The minimum absolute atomic E-state index is 0.120. The van der Waals surface area contributed by atoms with Crippen LogP contribution in [0.2, 0.25) is 0 Å². The van der Waals surface area contributed by atoms with Crippen LogP contribution < -0.4 is 4.74 Å². The molecule has 0 aliphatic carbocycles. The summed E-state index contributed by atoms with van der Waals surface area (Å²) in [4.78, 5) is 4.40. The molecule has 0 N–H and O–H groups in total. The Morgan fingerprint density at radius 2 is 1.68 bits per heavy atom. The molecule has 3 aromatic rings. The number of rotatable bonds is 6. The maximum atomic E-state index is 12.9. The first kappa shape index (κ1) is 17.2. The molecule has 0 spiro atoms. The van der Waals surface area contributed by atoms with Gasteiger partial charge in [0, 0.05) is 18.0 Å². The standard InChI is InChI=1S/C19H15F4NO/c20-18(21)19(22,23)12-25-15-7-5-13(6-8-15)11-17-16-4-2-1-3-14(16)9-10-24-17/h1-10,18H,11-12H2. The predicted octanol–water partition coefficient (Wildman–Crippen LogP) is 5.10. The van der Waals surface area contributed by atoms with Crippen LogP contribution in [0.4, 0.5) is 17.6 Å². The van der Waals surface area contributed by atoms with Crippen molar-refractivity contribution in [1.82, 2.24) is 4.98 Å². The number of pyridine rings is 1. The number of aromatic nitrogens is 1. The molecule has 0 atom stereocenters. The van der Waals surface area contributed by atoms with Crippen molar-refractivity contribution in [2.45, 2.75) is 18.8 Å². The van der Waals surface area contributed by atoms with Crippen LogP contribution in [0.5, 0.6) is 5.75 Å². The van der Waals surface area contributed by atoms with Gasteiger partial charge in [0.1, 0.15) is 5.75 Å². The van der Waals surface area contributed by atoms with Crippen molar-refractivity contribution in [3.05, 3.63) is 72.1 Å². The van der Waals surface area contributed by atoms with Crippen LogP contribution in [-0.4, -0.2) is 23.9 Å². The summed E-state index contributed by atoms with van der Waals surface area (Å²) in [7, 11) is 0. The molecule has 130 valence electrons. The van der Waals surface area contributed by atoms with Crippen molar-refractivity contribution in [2.75, 3.05) is 6.61 Å². The van der Waals surface area contributed by atoms with Crippen LogP contribution >= 0.6 is 0 Å². The second-order valence-corrected chi connectivity index (χ2v) is 5.65. The zero-order chi connectivity index (χ0) is 17.9. The second-order valence-electron chi connectivity index (χ2n) is 5.65. The van der Waals surface area contributed by atoms with E-state index < -0.39 is 19.0 Å². The summed E-state index contributed by atoms with van der Waals surface area (Å²) in [6.07, 6.45) is -1.44. The van der Waals surface area contributed by atoms with Gasteiger partial charge >= 0.3 is 12.3 Å². The highest BCUT2D eigenvalue weighted by Gasteiger charge is 2.41. The van der Waals surface area contributed by atoms with Crippen molar-refractivity contribution < 1.29 is 22.3 Å². The summed E-state index contributed by atoms with van der Waals surface area (Å²) in [6.45, 7) is -1.35. The Kier molecular flexibility index (Phi) is 4.88. The third-order valence-electron chi connectivity index (χ3n) is 3.80. The maximum absolute atomic E-state index is 12.9. The van der Waals surface area contributed by atoms with E-state index in [1.54, 1.807) is 18.3 Å². The van der Waals surface area contributed by atoms with E-state index in [0.29, 0.717) is 6.42 Å². The van der Waals surface area contributed by atoms with Gasteiger partial charge in [-0.05, 0) is 29.1 Å². The molecule has 0 radical (unpaired) electrons. The normalized spacial score (nSPS) is 11.9. The molecule has 0 aliphatic rings. The number of hydrogen-bond donors (Lipinski definition) is 0. The summed E-state index contributed by atoms with van der Waals surface area (Å²) in [6, 6.07) is 16.2. The Morgan fingerprint density at radius 1 is 0.960 bits per heavy atom. The van der Waals surface area contributed by atoms with E-state index in [1.165, 1.54) is 12.1 Å². The van der Waals surface area contributed by atoms with Crippen molar-refractivity contribution in [3.63, 3.8) is 0 Å². The molecule has 0 fully saturated rings. The Morgan fingerprint density at radius 3 is 2.40 bits per heavy atom. The average molecular weight is 349 g/mol. The lowest BCUT2D eigenvalue weighted by Gasteiger charge is -2.16. The number of fused-ring (bicyclic) bond motifs is 1. The van der Waals surface area contributed by atoms with Crippen molar-refractivity contribution in [3.8, 4) is 5.75 Å².